The first-order valence-corrected chi connectivity index (χ1v) is 6.47. The van der Waals surface area contributed by atoms with E-state index in [2.05, 4.69) is 60.2 Å². The zero-order chi connectivity index (χ0) is 12.2. The summed E-state index contributed by atoms with van der Waals surface area (Å²) in [7, 11) is 0. The average Bonchev–Trinajstić information content (AvgIpc) is 2.13. The van der Waals surface area contributed by atoms with Crippen molar-refractivity contribution in [3.8, 4) is 0 Å². The molecular weight excluding hydrogens is 264 g/mol. The quantitative estimate of drug-likeness (QED) is 0.810. The van der Waals surface area contributed by atoms with E-state index in [1.165, 1.54) is 11.3 Å². The van der Waals surface area contributed by atoms with Gasteiger partial charge in [0, 0.05) is 22.2 Å². The van der Waals surface area contributed by atoms with Crippen LogP contribution >= 0.6 is 15.9 Å². The number of hydrogen-bond donors (Lipinski definition) is 2. The summed E-state index contributed by atoms with van der Waals surface area (Å²) >= 11 is 3.46. The van der Waals surface area contributed by atoms with Crippen molar-refractivity contribution in [1.82, 2.24) is 0 Å². The molecule has 0 aliphatic heterocycles. The lowest BCUT2D eigenvalue weighted by molar-refractivity contribution is 0.465. The molecule has 0 fully saturated rings. The summed E-state index contributed by atoms with van der Waals surface area (Å²) in [5.41, 5.74) is 8.34. The molecule has 0 aliphatic rings. The number of anilines is 1. The average molecular weight is 285 g/mol. The molecule has 2 nitrogen and oxygen atoms in total. The number of halogens is 1. The van der Waals surface area contributed by atoms with Gasteiger partial charge in [0.2, 0.25) is 0 Å². The summed E-state index contributed by atoms with van der Waals surface area (Å²) in [5, 5.41) is 3.44. The van der Waals surface area contributed by atoms with Gasteiger partial charge in [0.25, 0.3) is 0 Å². The first kappa shape index (κ1) is 13.5. The van der Waals surface area contributed by atoms with Crippen LogP contribution in [-0.4, -0.2) is 12.1 Å². The maximum Gasteiger partial charge on any atom is 0.0370 e. The topological polar surface area (TPSA) is 38.0 Å². The second-order valence-electron chi connectivity index (χ2n) is 4.98. The van der Waals surface area contributed by atoms with Crippen LogP contribution in [0.3, 0.4) is 0 Å². The molecule has 0 bridgehead atoms. The van der Waals surface area contributed by atoms with E-state index in [0.717, 1.165) is 23.9 Å². The Morgan fingerprint density at radius 2 is 2.06 bits per heavy atom. The monoisotopic (exact) mass is 284 g/mol. The molecule has 0 atom stereocenters. The molecule has 0 heterocycles. The highest BCUT2D eigenvalue weighted by atomic mass is 79.9. The molecule has 0 aliphatic carbocycles. The Labute approximate surface area is 107 Å². The van der Waals surface area contributed by atoms with Crippen molar-refractivity contribution < 1.29 is 0 Å². The minimum Gasteiger partial charge on any atom is -0.385 e. The van der Waals surface area contributed by atoms with Gasteiger partial charge in [-0.3, -0.25) is 0 Å². The standard InChI is InChI=1S/C13H21BrN2/c1-10-9-11(14)5-6-12(10)16-8-4-7-13(2,3)15/h5-6,9,16H,4,7-8,15H2,1-3H3. The largest absolute Gasteiger partial charge is 0.385 e. The van der Waals surface area contributed by atoms with Gasteiger partial charge in [-0.25, -0.2) is 0 Å². The van der Waals surface area contributed by atoms with E-state index in [1.807, 2.05) is 0 Å². The van der Waals surface area contributed by atoms with Crippen LogP contribution < -0.4 is 11.1 Å². The third-order valence-corrected chi connectivity index (χ3v) is 3.00. The minimum absolute atomic E-state index is 0.0591. The molecule has 90 valence electrons. The van der Waals surface area contributed by atoms with Crippen molar-refractivity contribution in [2.24, 2.45) is 5.73 Å². The van der Waals surface area contributed by atoms with Gasteiger partial charge in [-0.05, 0) is 57.4 Å². The second-order valence-corrected chi connectivity index (χ2v) is 5.89. The van der Waals surface area contributed by atoms with E-state index in [0.29, 0.717) is 0 Å². The molecule has 16 heavy (non-hydrogen) atoms. The van der Waals surface area contributed by atoms with Gasteiger partial charge in [0.1, 0.15) is 0 Å². The SMILES string of the molecule is Cc1cc(Br)ccc1NCCCC(C)(C)N. The van der Waals surface area contributed by atoms with Gasteiger partial charge in [0.05, 0.1) is 0 Å². The summed E-state index contributed by atoms with van der Waals surface area (Å²) in [6.45, 7) is 7.22. The Morgan fingerprint density at radius 3 is 2.62 bits per heavy atom. The predicted molar refractivity (Wildman–Crippen MR) is 74.9 cm³/mol. The van der Waals surface area contributed by atoms with Gasteiger partial charge in [-0.2, -0.15) is 0 Å². The molecule has 1 rings (SSSR count). The fourth-order valence-corrected chi connectivity index (χ4v) is 2.07. The Kier molecular flexibility index (Phi) is 4.81. The number of nitrogens with two attached hydrogens (primary N) is 1. The Morgan fingerprint density at radius 1 is 1.38 bits per heavy atom. The van der Waals surface area contributed by atoms with Crippen LogP contribution in [0.5, 0.6) is 0 Å². The van der Waals surface area contributed by atoms with Crippen LogP contribution in [0, 0.1) is 6.92 Å². The third-order valence-electron chi connectivity index (χ3n) is 2.50. The molecular formula is C13H21BrN2. The molecule has 1 aromatic rings. The molecule has 0 spiro atoms. The van der Waals surface area contributed by atoms with E-state index in [1.54, 1.807) is 0 Å². The van der Waals surface area contributed by atoms with Crippen LogP contribution in [0.15, 0.2) is 22.7 Å². The third kappa shape index (κ3) is 4.99. The maximum absolute atomic E-state index is 5.93. The fraction of sp³-hybridized carbons (Fsp3) is 0.538. The van der Waals surface area contributed by atoms with E-state index in [-0.39, 0.29) is 5.54 Å². The number of nitrogens with one attached hydrogen (secondary N) is 1. The molecule has 0 amide bonds. The molecule has 3 N–H and O–H groups in total. The van der Waals surface area contributed by atoms with E-state index < -0.39 is 0 Å². The first-order chi connectivity index (χ1) is 7.38. The van der Waals surface area contributed by atoms with Crippen molar-refractivity contribution in [2.75, 3.05) is 11.9 Å². The highest BCUT2D eigenvalue weighted by molar-refractivity contribution is 9.10. The van der Waals surface area contributed by atoms with Gasteiger partial charge >= 0.3 is 0 Å². The van der Waals surface area contributed by atoms with Gasteiger partial charge in [-0.15, -0.1) is 0 Å². The molecule has 0 unspecified atom stereocenters. The van der Waals surface area contributed by atoms with Crippen molar-refractivity contribution in [3.63, 3.8) is 0 Å². The van der Waals surface area contributed by atoms with Crippen molar-refractivity contribution in [1.29, 1.82) is 0 Å². The summed E-state index contributed by atoms with van der Waals surface area (Å²) in [6, 6.07) is 6.28. The lowest BCUT2D eigenvalue weighted by Gasteiger charge is -2.18. The number of rotatable bonds is 5. The molecule has 3 heteroatoms. The van der Waals surface area contributed by atoms with Crippen LogP contribution in [0.4, 0.5) is 5.69 Å². The molecule has 0 radical (unpaired) electrons. The van der Waals surface area contributed by atoms with Crippen molar-refractivity contribution in [3.05, 3.63) is 28.2 Å². The molecule has 0 saturated carbocycles. The highest BCUT2D eigenvalue weighted by Gasteiger charge is 2.09. The van der Waals surface area contributed by atoms with Crippen LogP contribution in [0.1, 0.15) is 32.3 Å². The molecule has 0 saturated heterocycles. The van der Waals surface area contributed by atoms with Crippen LogP contribution in [-0.2, 0) is 0 Å². The smallest absolute Gasteiger partial charge is 0.0370 e. The van der Waals surface area contributed by atoms with Gasteiger partial charge in [0.15, 0.2) is 0 Å². The molecule has 1 aromatic carbocycles. The highest BCUT2D eigenvalue weighted by Crippen LogP contribution is 2.20. The minimum atomic E-state index is -0.0591. The lowest BCUT2D eigenvalue weighted by atomic mass is 10.0. The summed E-state index contributed by atoms with van der Waals surface area (Å²) < 4.78 is 1.12. The predicted octanol–water partition coefficient (Wildman–Crippen LogP) is 3.69. The normalized spacial score (nSPS) is 11.6. The van der Waals surface area contributed by atoms with Gasteiger partial charge < -0.3 is 11.1 Å². The molecule has 0 aromatic heterocycles. The number of hydrogen-bond acceptors (Lipinski definition) is 2. The van der Waals surface area contributed by atoms with Crippen molar-refractivity contribution >= 4 is 21.6 Å². The Balaban J connectivity index is 2.38. The summed E-state index contributed by atoms with van der Waals surface area (Å²) in [4.78, 5) is 0. The van der Waals surface area contributed by atoms with E-state index in [9.17, 15) is 0 Å². The second kappa shape index (κ2) is 5.69. The van der Waals surface area contributed by atoms with E-state index >= 15 is 0 Å². The number of benzene rings is 1. The summed E-state index contributed by atoms with van der Waals surface area (Å²) in [5.74, 6) is 0. The first-order valence-electron chi connectivity index (χ1n) is 5.67. The van der Waals surface area contributed by atoms with E-state index in [4.69, 9.17) is 5.73 Å². The Bertz CT molecular complexity index is 342. The lowest BCUT2D eigenvalue weighted by Crippen LogP contribution is -2.32. The fourth-order valence-electron chi connectivity index (χ4n) is 1.59. The zero-order valence-electron chi connectivity index (χ0n) is 10.3. The Hall–Kier alpha value is -0.540. The van der Waals surface area contributed by atoms with Gasteiger partial charge in [-0.1, -0.05) is 15.9 Å². The zero-order valence-corrected chi connectivity index (χ0v) is 11.9. The van der Waals surface area contributed by atoms with Crippen molar-refractivity contribution in [2.45, 2.75) is 39.2 Å². The number of aryl methyl sites for hydroxylation is 1. The van der Waals surface area contributed by atoms with Crippen LogP contribution in [0.2, 0.25) is 0 Å². The maximum atomic E-state index is 5.93. The summed E-state index contributed by atoms with van der Waals surface area (Å²) in [6.07, 6.45) is 2.13. The van der Waals surface area contributed by atoms with Crippen LogP contribution in [0.25, 0.3) is 0 Å².